The topological polar surface area (TPSA) is 20.2 Å². The number of aliphatic hydroxyl groups is 1. The predicted octanol–water partition coefficient (Wildman–Crippen LogP) is 3.49. The Balaban J connectivity index is 2.06. The van der Waals surface area contributed by atoms with Crippen molar-refractivity contribution in [3.8, 4) is 0 Å². The van der Waals surface area contributed by atoms with Crippen LogP contribution in [0, 0.1) is 17.7 Å². The average molecular weight is 241 g/mol. The van der Waals surface area contributed by atoms with Crippen LogP contribution in [0.3, 0.4) is 0 Å². The molecule has 3 unspecified atom stereocenters. The molecule has 0 amide bonds. The number of halogens is 2. The number of benzene rings is 1. The van der Waals surface area contributed by atoms with Crippen LogP contribution in [0.4, 0.5) is 4.39 Å². The first-order valence-corrected chi connectivity index (χ1v) is 6.15. The molecule has 3 atom stereocenters. The standard InChI is InChI=1S/C13H14ClFO/c14-12-4-3-10(15)6-11(12)13(16)7-8-1-2-9(13)5-8/h3-4,6,8-9,16H,1-2,5,7H2. The summed E-state index contributed by atoms with van der Waals surface area (Å²) in [5.41, 5.74) is -0.302. The van der Waals surface area contributed by atoms with Crippen LogP contribution in [0.1, 0.15) is 31.2 Å². The zero-order valence-electron chi connectivity index (χ0n) is 8.92. The zero-order chi connectivity index (χ0) is 11.3. The summed E-state index contributed by atoms with van der Waals surface area (Å²) in [5, 5.41) is 11.2. The van der Waals surface area contributed by atoms with Crippen molar-refractivity contribution >= 4 is 11.6 Å². The molecule has 2 fully saturated rings. The van der Waals surface area contributed by atoms with Crippen LogP contribution in [0.2, 0.25) is 5.02 Å². The van der Waals surface area contributed by atoms with Crippen molar-refractivity contribution in [3.63, 3.8) is 0 Å². The molecule has 0 radical (unpaired) electrons. The number of hydrogen-bond acceptors (Lipinski definition) is 1. The Morgan fingerprint density at radius 3 is 2.81 bits per heavy atom. The Morgan fingerprint density at radius 1 is 1.38 bits per heavy atom. The van der Waals surface area contributed by atoms with Crippen LogP contribution in [0.15, 0.2) is 18.2 Å². The average Bonchev–Trinajstić information content (AvgIpc) is 2.81. The second kappa shape index (κ2) is 3.44. The molecule has 2 aliphatic rings. The van der Waals surface area contributed by atoms with Gasteiger partial charge in [-0.1, -0.05) is 11.6 Å². The van der Waals surface area contributed by atoms with Crippen LogP contribution in [0.25, 0.3) is 0 Å². The van der Waals surface area contributed by atoms with E-state index < -0.39 is 5.60 Å². The van der Waals surface area contributed by atoms with Crippen molar-refractivity contribution in [2.75, 3.05) is 0 Å². The maximum atomic E-state index is 13.2. The predicted molar refractivity (Wildman–Crippen MR) is 60.8 cm³/mol. The highest BCUT2D eigenvalue weighted by Gasteiger charge is 2.51. The molecule has 2 bridgehead atoms. The van der Waals surface area contributed by atoms with E-state index in [1.54, 1.807) is 0 Å². The van der Waals surface area contributed by atoms with E-state index in [-0.39, 0.29) is 11.7 Å². The van der Waals surface area contributed by atoms with Gasteiger partial charge >= 0.3 is 0 Å². The first kappa shape index (κ1) is 10.5. The molecule has 0 spiro atoms. The first-order valence-electron chi connectivity index (χ1n) is 5.77. The Hall–Kier alpha value is -0.600. The summed E-state index contributed by atoms with van der Waals surface area (Å²) in [4.78, 5) is 0. The molecular weight excluding hydrogens is 227 g/mol. The normalized spacial score (nSPS) is 36.9. The van der Waals surface area contributed by atoms with Crippen LogP contribution >= 0.6 is 11.6 Å². The molecule has 1 aromatic rings. The lowest BCUT2D eigenvalue weighted by atomic mass is 9.79. The zero-order valence-corrected chi connectivity index (χ0v) is 9.67. The fraction of sp³-hybridized carbons (Fsp3) is 0.538. The smallest absolute Gasteiger partial charge is 0.123 e. The second-order valence-electron chi connectivity index (χ2n) is 5.13. The molecule has 1 nitrogen and oxygen atoms in total. The van der Waals surface area contributed by atoms with Gasteiger partial charge in [0.1, 0.15) is 5.82 Å². The molecule has 0 aliphatic heterocycles. The molecular formula is C13H14ClFO. The van der Waals surface area contributed by atoms with E-state index in [1.165, 1.54) is 24.6 Å². The number of hydrogen-bond donors (Lipinski definition) is 1. The summed E-state index contributed by atoms with van der Waals surface area (Å²) >= 11 is 6.08. The van der Waals surface area contributed by atoms with Crippen molar-refractivity contribution < 1.29 is 9.50 Å². The minimum absolute atomic E-state index is 0.261. The largest absolute Gasteiger partial charge is 0.385 e. The van der Waals surface area contributed by atoms with E-state index in [0.717, 1.165) is 19.3 Å². The minimum atomic E-state index is -0.887. The first-order chi connectivity index (χ1) is 7.59. The Bertz CT molecular complexity index is 434. The summed E-state index contributed by atoms with van der Waals surface area (Å²) < 4.78 is 13.2. The van der Waals surface area contributed by atoms with Crippen LogP contribution in [0.5, 0.6) is 0 Å². The molecule has 1 N–H and O–H groups in total. The van der Waals surface area contributed by atoms with Gasteiger partial charge in [0.25, 0.3) is 0 Å². The minimum Gasteiger partial charge on any atom is -0.385 e. The molecule has 16 heavy (non-hydrogen) atoms. The third-order valence-electron chi connectivity index (χ3n) is 4.21. The quantitative estimate of drug-likeness (QED) is 0.797. The van der Waals surface area contributed by atoms with Crippen molar-refractivity contribution in [1.82, 2.24) is 0 Å². The van der Waals surface area contributed by atoms with Gasteiger partial charge in [-0.15, -0.1) is 0 Å². The molecule has 86 valence electrons. The SMILES string of the molecule is OC1(c2cc(F)ccc2Cl)CC2CCC1C2. The highest BCUT2D eigenvalue weighted by atomic mass is 35.5. The molecule has 2 saturated carbocycles. The highest BCUT2D eigenvalue weighted by molar-refractivity contribution is 6.31. The van der Waals surface area contributed by atoms with Crippen molar-refractivity contribution in [1.29, 1.82) is 0 Å². The van der Waals surface area contributed by atoms with Crippen LogP contribution in [-0.4, -0.2) is 5.11 Å². The Kier molecular flexibility index (Phi) is 2.27. The Labute approximate surface area is 99.2 Å². The molecule has 0 heterocycles. The highest BCUT2D eigenvalue weighted by Crippen LogP contribution is 2.56. The molecule has 1 aromatic carbocycles. The monoisotopic (exact) mass is 240 g/mol. The van der Waals surface area contributed by atoms with E-state index in [4.69, 9.17) is 11.6 Å². The lowest BCUT2D eigenvalue weighted by molar-refractivity contribution is -0.0183. The lowest BCUT2D eigenvalue weighted by Gasteiger charge is -2.33. The molecule has 3 rings (SSSR count). The fourth-order valence-electron chi connectivity index (χ4n) is 3.46. The van der Waals surface area contributed by atoms with Gasteiger partial charge in [0, 0.05) is 10.6 Å². The van der Waals surface area contributed by atoms with E-state index in [1.807, 2.05) is 0 Å². The van der Waals surface area contributed by atoms with Gasteiger partial charge in [-0.2, -0.15) is 0 Å². The molecule has 0 saturated heterocycles. The summed E-state index contributed by atoms with van der Waals surface area (Å²) in [6.45, 7) is 0. The summed E-state index contributed by atoms with van der Waals surface area (Å²) in [6.07, 6.45) is 4.03. The van der Waals surface area contributed by atoms with Gasteiger partial charge in [-0.05, 0) is 55.7 Å². The van der Waals surface area contributed by atoms with Gasteiger partial charge in [0.05, 0.1) is 5.60 Å². The second-order valence-corrected chi connectivity index (χ2v) is 5.54. The van der Waals surface area contributed by atoms with E-state index >= 15 is 0 Å². The van der Waals surface area contributed by atoms with Crippen molar-refractivity contribution in [2.24, 2.45) is 11.8 Å². The van der Waals surface area contributed by atoms with Crippen LogP contribution < -0.4 is 0 Å². The number of fused-ring (bicyclic) bond motifs is 2. The van der Waals surface area contributed by atoms with Crippen molar-refractivity contribution in [3.05, 3.63) is 34.6 Å². The van der Waals surface area contributed by atoms with Gasteiger partial charge < -0.3 is 5.11 Å². The van der Waals surface area contributed by atoms with E-state index in [0.29, 0.717) is 16.5 Å². The van der Waals surface area contributed by atoms with Gasteiger partial charge in [-0.3, -0.25) is 0 Å². The summed E-state index contributed by atoms with van der Waals surface area (Å²) in [6, 6.07) is 4.27. The Morgan fingerprint density at radius 2 is 2.19 bits per heavy atom. The third kappa shape index (κ3) is 1.40. The van der Waals surface area contributed by atoms with Crippen molar-refractivity contribution in [2.45, 2.75) is 31.3 Å². The number of rotatable bonds is 1. The van der Waals surface area contributed by atoms with Gasteiger partial charge in [0.15, 0.2) is 0 Å². The lowest BCUT2D eigenvalue weighted by Crippen LogP contribution is -2.32. The van der Waals surface area contributed by atoms with E-state index in [9.17, 15) is 9.50 Å². The van der Waals surface area contributed by atoms with Crippen LogP contribution in [-0.2, 0) is 5.60 Å². The van der Waals surface area contributed by atoms with Gasteiger partial charge in [-0.25, -0.2) is 4.39 Å². The third-order valence-corrected chi connectivity index (χ3v) is 4.54. The summed E-state index contributed by atoms with van der Waals surface area (Å²) in [5.74, 6) is 0.529. The molecule has 2 aliphatic carbocycles. The van der Waals surface area contributed by atoms with Gasteiger partial charge in [0.2, 0.25) is 0 Å². The fourth-order valence-corrected chi connectivity index (χ4v) is 3.74. The summed E-state index contributed by atoms with van der Waals surface area (Å²) in [7, 11) is 0. The van der Waals surface area contributed by atoms with E-state index in [2.05, 4.69) is 0 Å². The molecule has 3 heteroatoms. The maximum Gasteiger partial charge on any atom is 0.123 e. The maximum absolute atomic E-state index is 13.2. The molecule has 0 aromatic heterocycles.